The molecule has 6 nitrogen and oxygen atoms in total. The zero-order chi connectivity index (χ0) is 15.0. The number of nitrogens with zero attached hydrogens (tertiary/aromatic N) is 2. The maximum absolute atomic E-state index is 12.4. The highest BCUT2D eigenvalue weighted by Crippen LogP contribution is 2.20. The van der Waals surface area contributed by atoms with E-state index in [9.17, 15) is 4.79 Å². The second kappa shape index (κ2) is 6.54. The molecule has 1 unspecified atom stereocenters. The Balaban J connectivity index is 0.00000176. The molecule has 1 fully saturated rings. The number of carbonyl (C=O) groups is 1. The minimum absolute atomic E-state index is 0. The molecule has 2 N–H and O–H groups in total. The van der Waals surface area contributed by atoms with Gasteiger partial charge in [0.2, 0.25) is 0 Å². The van der Waals surface area contributed by atoms with E-state index in [1.54, 1.807) is 0 Å². The zero-order valence-electron chi connectivity index (χ0n) is 13.0. The molecular formula is C15H21ClN4O2. The third-order valence-corrected chi connectivity index (χ3v) is 3.92. The minimum atomic E-state index is -0.0248. The molecular weight excluding hydrogens is 304 g/mol. The fraction of sp³-hybridized carbons (Fsp3) is 0.467. The van der Waals surface area contributed by atoms with Crippen LogP contribution in [0.1, 0.15) is 33.9 Å². The molecule has 1 amide bonds. The summed E-state index contributed by atoms with van der Waals surface area (Å²) in [4.78, 5) is 12.4. The fourth-order valence-corrected chi connectivity index (χ4v) is 2.84. The molecule has 1 aliphatic heterocycles. The van der Waals surface area contributed by atoms with Crippen LogP contribution in [0, 0.1) is 20.8 Å². The normalized spacial score (nSPS) is 17.3. The van der Waals surface area contributed by atoms with Gasteiger partial charge in [0.15, 0.2) is 5.82 Å². The minimum Gasteiger partial charge on any atom is -0.360 e. The van der Waals surface area contributed by atoms with E-state index < -0.39 is 0 Å². The highest BCUT2D eigenvalue weighted by Gasteiger charge is 2.22. The first-order valence-corrected chi connectivity index (χ1v) is 7.20. The third-order valence-electron chi connectivity index (χ3n) is 3.92. The Hall–Kier alpha value is -1.79. The molecule has 120 valence electrons. The first-order valence-electron chi connectivity index (χ1n) is 7.20. The van der Waals surface area contributed by atoms with Crippen LogP contribution in [0.3, 0.4) is 0 Å². The number of carbonyl (C=O) groups excluding carboxylic acids is 1. The average Bonchev–Trinajstić information content (AvgIpc) is 3.12. The van der Waals surface area contributed by atoms with Gasteiger partial charge in [-0.15, -0.1) is 12.4 Å². The maximum atomic E-state index is 12.4. The first kappa shape index (κ1) is 16.6. The summed E-state index contributed by atoms with van der Waals surface area (Å²) in [5.74, 6) is 1.44. The number of halogens is 1. The molecule has 3 heterocycles. The molecule has 1 aliphatic rings. The smallest absolute Gasteiger partial charge is 0.253 e. The Morgan fingerprint density at radius 3 is 2.77 bits per heavy atom. The second-order valence-corrected chi connectivity index (χ2v) is 5.58. The largest absolute Gasteiger partial charge is 0.360 e. The Morgan fingerprint density at radius 1 is 1.41 bits per heavy atom. The lowest BCUT2D eigenvalue weighted by Gasteiger charge is -2.11. The quantitative estimate of drug-likeness (QED) is 0.904. The molecule has 0 aromatic carbocycles. The molecule has 0 aliphatic carbocycles. The number of rotatable bonds is 3. The first-order chi connectivity index (χ1) is 10.1. The molecule has 0 saturated carbocycles. The van der Waals surface area contributed by atoms with E-state index in [4.69, 9.17) is 4.52 Å². The number of aryl methyl sites for hydroxylation is 2. The Morgan fingerprint density at radius 2 is 2.18 bits per heavy atom. The van der Waals surface area contributed by atoms with Gasteiger partial charge in [0.1, 0.15) is 5.76 Å². The lowest BCUT2D eigenvalue weighted by Crippen LogP contribution is -2.36. The SMILES string of the molecule is Cc1cc(-n2c(C)cc(C(=O)NC3CCNC3)c2C)no1.Cl. The van der Waals surface area contributed by atoms with Crippen molar-refractivity contribution in [2.45, 2.75) is 33.2 Å². The summed E-state index contributed by atoms with van der Waals surface area (Å²) in [5.41, 5.74) is 2.54. The maximum Gasteiger partial charge on any atom is 0.253 e. The summed E-state index contributed by atoms with van der Waals surface area (Å²) in [6.45, 7) is 7.55. The summed E-state index contributed by atoms with van der Waals surface area (Å²) in [6.07, 6.45) is 0.979. The molecule has 0 bridgehead atoms. The Kier molecular flexibility index (Phi) is 4.93. The van der Waals surface area contributed by atoms with E-state index in [1.165, 1.54) is 0 Å². The van der Waals surface area contributed by atoms with Gasteiger partial charge in [0.25, 0.3) is 5.91 Å². The number of nitrogens with one attached hydrogen (secondary N) is 2. The zero-order valence-corrected chi connectivity index (χ0v) is 13.8. The molecule has 2 aromatic rings. The standard InChI is InChI=1S/C15H20N4O2.ClH/c1-9-6-13(15(20)17-12-4-5-16-8-12)11(3)19(9)14-7-10(2)21-18-14;/h6-7,12,16H,4-5,8H2,1-3H3,(H,17,20);1H. The predicted octanol–water partition coefficient (Wildman–Crippen LogP) is 1.90. The van der Waals surface area contributed by atoms with Crippen molar-refractivity contribution in [3.8, 4) is 5.82 Å². The van der Waals surface area contributed by atoms with Gasteiger partial charge in [0, 0.05) is 30.0 Å². The number of aromatic nitrogens is 2. The van der Waals surface area contributed by atoms with E-state index in [0.717, 1.165) is 36.7 Å². The van der Waals surface area contributed by atoms with Gasteiger partial charge in [-0.25, -0.2) is 0 Å². The molecule has 3 rings (SSSR count). The van der Waals surface area contributed by atoms with Crippen LogP contribution in [0.15, 0.2) is 16.7 Å². The summed E-state index contributed by atoms with van der Waals surface area (Å²) in [6, 6.07) is 3.98. The summed E-state index contributed by atoms with van der Waals surface area (Å²) in [5, 5.41) is 10.4. The Bertz CT molecular complexity index is 671. The number of hydrogen-bond donors (Lipinski definition) is 2. The van der Waals surface area contributed by atoms with Crippen LogP contribution in [-0.4, -0.2) is 34.8 Å². The van der Waals surface area contributed by atoms with E-state index in [2.05, 4.69) is 15.8 Å². The van der Waals surface area contributed by atoms with Gasteiger partial charge in [-0.3, -0.25) is 9.36 Å². The van der Waals surface area contributed by atoms with Gasteiger partial charge in [-0.1, -0.05) is 5.16 Å². The van der Waals surface area contributed by atoms with Gasteiger partial charge < -0.3 is 15.2 Å². The van der Waals surface area contributed by atoms with Crippen molar-refractivity contribution < 1.29 is 9.32 Å². The van der Waals surface area contributed by atoms with E-state index in [1.807, 2.05) is 37.5 Å². The van der Waals surface area contributed by atoms with Gasteiger partial charge >= 0.3 is 0 Å². The lowest BCUT2D eigenvalue weighted by atomic mass is 10.2. The molecule has 0 spiro atoms. The van der Waals surface area contributed by atoms with Crippen molar-refractivity contribution in [1.29, 1.82) is 0 Å². The van der Waals surface area contributed by atoms with Gasteiger partial charge in [-0.05, 0) is 39.8 Å². The summed E-state index contributed by atoms with van der Waals surface area (Å²) >= 11 is 0. The van der Waals surface area contributed by atoms with Crippen LogP contribution in [0.25, 0.3) is 5.82 Å². The summed E-state index contributed by atoms with van der Waals surface area (Å²) < 4.78 is 7.07. The van der Waals surface area contributed by atoms with Crippen LogP contribution in [-0.2, 0) is 0 Å². The topological polar surface area (TPSA) is 72.1 Å². The molecule has 0 radical (unpaired) electrons. The monoisotopic (exact) mass is 324 g/mol. The second-order valence-electron chi connectivity index (χ2n) is 5.58. The molecule has 22 heavy (non-hydrogen) atoms. The van der Waals surface area contributed by atoms with E-state index >= 15 is 0 Å². The van der Waals surface area contributed by atoms with E-state index in [0.29, 0.717) is 11.4 Å². The molecule has 7 heteroatoms. The van der Waals surface area contributed by atoms with Gasteiger partial charge in [-0.2, -0.15) is 0 Å². The fourth-order valence-electron chi connectivity index (χ4n) is 2.84. The molecule has 1 atom stereocenters. The molecule has 1 saturated heterocycles. The van der Waals surface area contributed by atoms with Crippen molar-refractivity contribution in [1.82, 2.24) is 20.4 Å². The summed E-state index contributed by atoms with van der Waals surface area (Å²) in [7, 11) is 0. The van der Waals surface area contributed by atoms with Crippen LogP contribution in [0.2, 0.25) is 0 Å². The van der Waals surface area contributed by atoms with Crippen LogP contribution in [0.4, 0.5) is 0 Å². The van der Waals surface area contributed by atoms with Crippen LogP contribution < -0.4 is 10.6 Å². The third kappa shape index (κ3) is 3.03. The highest BCUT2D eigenvalue weighted by atomic mass is 35.5. The van der Waals surface area contributed by atoms with E-state index in [-0.39, 0.29) is 24.4 Å². The van der Waals surface area contributed by atoms with Crippen molar-refractivity contribution in [3.63, 3.8) is 0 Å². The average molecular weight is 325 g/mol. The highest BCUT2D eigenvalue weighted by molar-refractivity contribution is 5.96. The lowest BCUT2D eigenvalue weighted by molar-refractivity contribution is 0.0939. The van der Waals surface area contributed by atoms with Crippen molar-refractivity contribution in [3.05, 3.63) is 34.8 Å². The van der Waals surface area contributed by atoms with Crippen molar-refractivity contribution in [2.24, 2.45) is 0 Å². The Labute approximate surface area is 135 Å². The predicted molar refractivity (Wildman–Crippen MR) is 86.0 cm³/mol. The van der Waals surface area contributed by atoms with Crippen molar-refractivity contribution >= 4 is 18.3 Å². The molecule has 2 aromatic heterocycles. The van der Waals surface area contributed by atoms with Gasteiger partial charge in [0.05, 0.1) is 5.56 Å². The van der Waals surface area contributed by atoms with Crippen molar-refractivity contribution in [2.75, 3.05) is 13.1 Å². The van der Waals surface area contributed by atoms with Crippen LogP contribution in [0.5, 0.6) is 0 Å². The number of amides is 1. The number of hydrogen-bond acceptors (Lipinski definition) is 4. The van der Waals surface area contributed by atoms with Crippen LogP contribution >= 0.6 is 12.4 Å².